The van der Waals surface area contributed by atoms with Crippen molar-refractivity contribution in [3.05, 3.63) is 70.9 Å². The molecule has 1 aromatic carbocycles. The molecular weight excluding hydrogens is 378 g/mol. The molecule has 0 radical (unpaired) electrons. The third-order valence-corrected chi connectivity index (χ3v) is 6.83. The molecule has 6 rings (SSSR count). The number of aliphatic hydroxyl groups is 1. The van der Waals surface area contributed by atoms with Crippen LogP contribution >= 0.6 is 11.3 Å². The molecular formula is C24H23N3OS. The largest absolute Gasteiger partial charge is 0.376 e. The third-order valence-electron chi connectivity index (χ3n) is 5.96. The summed E-state index contributed by atoms with van der Waals surface area (Å²) in [5, 5.41) is 13.2. The molecule has 5 heteroatoms. The van der Waals surface area contributed by atoms with E-state index in [9.17, 15) is 5.11 Å². The first-order valence-electron chi connectivity index (χ1n) is 10.1. The first kappa shape index (κ1) is 18.5. The van der Waals surface area contributed by atoms with Gasteiger partial charge in [-0.15, -0.1) is 11.3 Å². The van der Waals surface area contributed by atoms with Crippen LogP contribution in [0.5, 0.6) is 0 Å². The molecule has 0 amide bonds. The predicted molar refractivity (Wildman–Crippen MR) is 116 cm³/mol. The van der Waals surface area contributed by atoms with Crippen molar-refractivity contribution in [2.24, 2.45) is 5.92 Å². The summed E-state index contributed by atoms with van der Waals surface area (Å²) >= 11 is 1.63. The Labute approximate surface area is 175 Å². The van der Waals surface area contributed by atoms with Gasteiger partial charge >= 0.3 is 0 Å². The highest BCUT2D eigenvalue weighted by Gasteiger charge is 2.44. The van der Waals surface area contributed by atoms with Gasteiger partial charge in [0.1, 0.15) is 5.60 Å². The molecule has 29 heavy (non-hydrogen) atoms. The van der Waals surface area contributed by atoms with Gasteiger partial charge in [0.25, 0.3) is 0 Å². The molecule has 1 atom stereocenters. The van der Waals surface area contributed by atoms with Gasteiger partial charge in [-0.05, 0) is 42.9 Å². The molecule has 4 nitrogen and oxygen atoms in total. The van der Waals surface area contributed by atoms with E-state index in [1.165, 1.54) is 5.56 Å². The first-order valence-corrected chi connectivity index (χ1v) is 11.0. The summed E-state index contributed by atoms with van der Waals surface area (Å²) in [5.41, 5.74) is 1.98. The molecule has 1 unspecified atom stereocenters. The highest BCUT2D eigenvalue weighted by molar-refractivity contribution is 7.13. The Morgan fingerprint density at radius 1 is 1.14 bits per heavy atom. The van der Waals surface area contributed by atoms with Crippen molar-refractivity contribution < 1.29 is 5.11 Å². The number of aromatic nitrogens is 2. The maximum Gasteiger partial charge on any atom is 0.169 e. The number of benzene rings is 1. The van der Waals surface area contributed by atoms with Crippen molar-refractivity contribution >= 4 is 11.3 Å². The molecule has 3 aromatic rings. The minimum atomic E-state index is -0.924. The van der Waals surface area contributed by atoms with Crippen LogP contribution in [0.4, 0.5) is 0 Å². The summed E-state index contributed by atoms with van der Waals surface area (Å²) < 4.78 is 0. The molecule has 0 spiro atoms. The summed E-state index contributed by atoms with van der Waals surface area (Å²) in [5.74, 6) is 7.47. The fraction of sp³-hybridized carbons (Fsp3) is 0.333. The molecule has 0 saturated carbocycles. The number of nitrogens with zero attached hydrogens (tertiary/aromatic N) is 3. The normalized spacial score (nSPS) is 25.4. The molecule has 146 valence electrons. The lowest BCUT2D eigenvalue weighted by molar-refractivity contribution is -0.0713. The van der Waals surface area contributed by atoms with Crippen LogP contribution in [0.25, 0.3) is 10.7 Å². The molecule has 5 heterocycles. The van der Waals surface area contributed by atoms with Crippen LogP contribution in [0.1, 0.15) is 29.7 Å². The number of hydrogen-bond donors (Lipinski definition) is 1. The maximum absolute atomic E-state index is 11.2. The summed E-state index contributed by atoms with van der Waals surface area (Å²) in [6, 6.07) is 14.3. The summed E-state index contributed by atoms with van der Waals surface area (Å²) in [6.45, 7) is 2.80. The zero-order chi connectivity index (χ0) is 19.7. The summed E-state index contributed by atoms with van der Waals surface area (Å²) in [6.07, 6.45) is 4.56. The molecule has 0 aliphatic carbocycles. The number of rotatable bonds is 3. The zero-order valence-electron chi connectivity index (χ0n) is 16.2. The van der Waals surface area contributed by atoms with Crippen molar-refractivity contribution in [1.82, 2.24) is 14.9 Å². The van der Waals surface area contributed by atoms with E-state index in [0.29, 0.717) is 13.0 Å². The Morgan fingerprint density at radius 3 is 2.66 bits per heavy atom. The van der Waals surface area contributed by atoms with Crippen LogP contribution in [-0.2, 0) is 6.42 Å². The minimum Gasteiger partial charge on any atom is -0.376 e. The SMILES string of the molecule is OC1(C#Cc2cnc(-c3cccs3)nc2Cc2ccccc2)CN2CCC1CC2. The number of fused-ring (bicyclic) bond motifs is 3. The van der Waals surface area contributed by atoms with Crippen LogP contribution in [-0.4, -0.2) is 45.2 Å². The maximum atomic E-state index is 11.2. The van der Waals surface area contributed by atoms with E-state index in [4.69, 9.17) is 4.98 Å². The van der Waals surface area contributed by atoms with Crippen molar-refractivity contribution in [1.29, 1.82) is 0 Å². The van der Waals surface area contributed by atoms with Gasteiger partial charge in [0.15, 0.2) is 5.82 Å². The van der Waals surface area contributed by atoms with Gasteiger partial charge < -0.3 is 5.11 Å². The topological polar surface area (TPSA) is 49.3 Å². The molecule has 3 fully saturated rings. The Bertz CT molecular complexity index is 1050. The van der Waals surface area contributed by atoms with Crippen molar-refractivity contribution in [2.75, 3.05) is 19.6 Å². The van der Waals surface area contributed by atoms with Gasteiger partial charge in [-0.3, -0.25) is 4.90 Å². The number of hydrogen-bond acceptors (Lipinski definition) is 5. The smallest absolute Gasteiger partial charge is 0.169 e. The van der Waals surface area contributed by atoms with Crippen LogP contribution in [0.3, 0.4) is 0 Å². The zero-order valence-corrected chi connectivity index (χ0v) is 17.0. The molecule has 1 N–H and O–H groups in total. The molecule has 3 saturated heterocycles. The van der Waals surface area contributed by atoms with Gasteiger partial charge in [-0.1, -0.05) is 48.2 Å². The second kappa shape index (κ2) is 7.72. The summed E-state index contributed by atoms with van der Waals surface area (Å²) in [4.78, 5) is 12.8. The fourth-order valence-electron chi connectivity index (χ4n) is 4.33. The lowest BCUT2D eigenvalue weighted by Gasteiger charge is -2.47. The van der Waals surface area contributed by atoms with Gasteiger partial charge in [0.2, 0.25) is 0 Å². The average Bonchev–Trinajstić information content (AvgIpc) is 3.29. The van der Waals surface area contributed by atoms with E-state index in [0.717, 1.165) is 47.9 Å². The van der Waals surface area contributed by atoms with E-state index in [-0.39, 0.29) is 5.92 Å². The van der Waals surface area contributed by atoms with Gasteiger partial charge in [-0.2, -0.15) is 0 Å². The molecule has 2 bridgehead atoms. The van der Waals surface area contributed by atoms with E-state index >= 15 is 0 Å². The third kappa shape index (κ3) is 3.84. The Hall–Kier alpha value is -2.52. The average molecular weight is 402 g/mol. The molecule has 3 aliphatic heterocycles. The van der Waals surface area contributed by atoms with E-state index < -0.39 is 5.60 Å². The number of piperidine rings is 3. The Kier molecular flexibility index (Phi) is 4.92. The van der Waals surface area contributed by atoms with E-state index in [1.807, 2.05) is 41.9 Å². The standard InChI is InChI=1S/C24H23N3OS/c28-24(17-27-12-9-20(24)10-13-27)11-8-19-16-25-23(22-7-4-14-29-22)26-21(19)15-18-5-2-1-3-6-18/h1-7,14,16,20,28H,9-10,12-13,15,17H2. The quantitative estimate of drug-likeness (QED) is 0.682. The van der Waals surface area contributed by atoms with Crippen LogP contribution in [0.15, 0.2) is 54.0 Å². The van der Waals surface area contributed by atoms with Crippen molar-refractivity contribution in [3.8, 4) is 22.5 Å². The lowest BCUT2D eigenvalue weighted by Crippen LogP contribution is -2.58. The van der Waals surface area contributed by atoms with Crippen LogP contribution < -0.4 is 0 Å². The predicted octanol–water partition coefficient (Wildman–Crippen LogP) is 3.60. The highest BCUT2D eigenvalue weighted by atomic mass is 32.1. The van der Waals surface area contributed by atoms with Gasteiger partial charge in [0.05, 0.1) is 16.1 Å². The van der Waals surface area contributed by atoms with Crippen LogP contribution in [0.2, 0.25) is 0 Å². The van der Waals surface area contributed by atoms with E-state index in [1.54, 1.807) is 11.3 Å². The molecule has 2 aromatic heterocycles. The Morgan fingerprint density at radius 2 is 1.97 bits per heavy atom. The monoisotopic (exact) mass is 401 g/mol. The van der Waals surface area contributed by atoms with Gasteiger partial charge in [0, 0.05) is 25.1 Å². The first-order chi connectivity index (χ1) is 14.2. The highest BCUT2D eigenvalue weighted by Crippen LogP contribution is 2.35. The van der Waals surface area contributed by atoms with Gasteiger partial charge in [-0.25, -0.2) is 9.97 Å². The van der Waals surface area contributed by atoms with E-state index in [2.05, 4.69) is 33.9 Å². The number of thiophene rings is 1. The second-order valence-electron chi connectivity index (χ2n) is 7.92. The van der Waals surface area contributed by atoms with Crippen molar-refractivity contribution in [2.45, 2.75) is 24.9 Å². The Balaban J connectivity index is 1.50. The minimum absolute atomic E-state index is 0.267. The van der Waals surface area contributed by atoms with Crippen molar-refractivity contribution in [3.63, 3.8) is 0 Å². The summed E-state index contributed by atoms with van der Waals surface area (Å²) in [7, 11) is 0. The van der Waals surface area contributed by atoms with Crippen LogP contribution in [0, 0.1) is 17.8 Å². The lowest BCUT2D eigenvalue weighted by atomic mass is 9.76. The molecule has 3 aliphatic rings. The fourth-order valence-corrected chi connectivity index (χ4v) is 4.99. The second-order valence-corrected chi connectivity index (χ2v) is 8.87.